The summed E-state index contributed by atoms with van der Waals surface area (Å²) in [5.41, 5.74) is 2.78. The number of carbonyl (C=O) groups is 2. The first kappa shape index (κ1) is 22.4. The fourth-order valence-corrected chi connectivity index (χ4v) is 3.74. The molecule has 0 saturated carbocycles. The molecular formula is C26H27N3O4. The Morgan fingerprint density at radius 2 is 1.70 bits per heavy atom. The minimum atomic E-state index is -0.340. The Bertz CT molecular complexity index is 1130. The summed E-state index contributed by atoms with van der Waals surface area (Å²) in [5.74, 6) is 1.09. The van der Waals surface area contributed by atoms with E-state index in [1.807, 2.05) is 43.3 Å². The van der Waals surface area contributed by atoms with Crippen molar-refractivity contribution in [3.05, 3.63) is 83.9 Å². The summed E-state index contributed by atoms with van der Waals surface area (Å²) in [4.78, 5) is 27.6. The van der Waals surface area contributed by atoms with Crippen LogP contribution in [0, 0.1) is 0 Å². The second-order valence-corrected chi connectivity index (χ2v) is 7.82. The summed E-state index contributed by atoms with van der Waals surface area (Å²) in [6, 6.07) is 21.6. The molecule has 1 unspecified atom stereocenters. The molecule has 170 valence electrons. The van der Waals surface area contributed by atoms with Crippen molar-refractivity contribution in [3.8, 4) is 11.5 Å². The third-order valence-electron chi connectivity index (χ3n) is 5.68. The Morgan fingerprint density at radius 1 is 0.970 bits per heavy atom. The van der Waals surface area contributed by atoms with Gasteiger partial charge < -0.3 is 20.1 Å². The molecule has 2 N–H and O–H groups in total. The molecule has 0 fully saturated rings. The first-order valence-corrected chi connectivity index (χ1v) is 10.8. The molecule has 7 nitrogen and oxygen atoms in total. The second kappa shape index (κ2) is 10.2. The minimum absolute atomic E-state index is 0.111. The van der Waals surface area contributed by atoms with Crippen LogP contribution < -0.4 is 20.1 Å². The number of para-hydroxylation sites is 3. The maximum absolute atomic E-state index is 12.9. The van der Waals surface area contributed by atoms with Crippen molar-refractivity contribution in [1.29, 1.82) is 0 Å². The van der Waals surface area contributed by atoms with Gasteiger partial charge in [-0.1, -0.05) is 30.3 Å². The Hall–Kier alpha value is -3.84. The van der Waals surface area contributed by atoms with Crippen LogP contribution in [0.2, 0.25) is 0 Å². The van der Waals surface area contributed by atoms with Crippen molar-refractivity contribution in [3.63, 3.8) is 0 Å². The van der Waals surface area contributed by atoms with Gasteiger partial charge in [0.25, 0.3) is 5.91 Å². The number of methoxy groups -OCH3 is 1. The number of amides is 2. The van der Waals surface area contributed by atoms with Gasteiger partial charge in [0, 0.05) is 29.9 Å². The summed E-state index contributed by atoms with van der Waals surface area (Å²) in [7, 11) is 1.56. The van der Waals surface area contributed by atoms with Crippen LogP contribution in [-0.4, -0.2) is 43.0 Å². The number of anilines is 2. The number of rotatable bonds is 6. The van der Waals surface area contributed by atoms with Crippen LogP contribution in [0.1, 0.15) is 22.8 Å². The third-order valence-corrected chi connectivity index (χ3v) is 5.68. The van der Waals surface area contributed by atoms with Crippen LogP contribution in [0.5, 0.6) is 11.5 Å². The number of nitrogens with one attached hydrogen (secondary N) is 2. The fourth-order valence-electron chi connectivity index (χ4n) is 3.74. The third kappa shape index (κ3) is 5.32. The maximum Gasteiger partial charge on any atom is 0.255 e. The lowest BCUT2D eigenvalue weighted by Crippen LogP contribution is -2.42. The molecule has 0 saturated heterocycles. The van der Waals surface area contributed by atoms with Crippen molar-refractivity contribution in [2.24, 2.45) is 0 Å². The highest BCUT2D eigenvalue weighted by molar-refractivity contribution is 6.05. The van der Waals surface area contributed by atoms with Gasteiger partial charge in [-0.15, -0.1) is 0 Å². The van der Waals surface area contributed by atoms with Gasteiger partial charge in [0.05, 0.1) is 18.8 Å². The van der Waals surface area contributed by atoms with E-state index in [0.717, 1.165) is 11.3 Å². The Labute approximate surface area is 193 Å². The lowest BCUT2D eigenvalue weighted by atomic mass is 10.1. The molecule has 0 bridgehead atoms. The molecule has 1 heterocycles. The summed E-state index contributed by atoms with van der Waals surface area (Å²) < 4.78 is 11.1. The van der Waals surface area contributed by atoms with Gasteiger partial charge in [-0.05, 0) is 49.4 Å². The lowest BCUT2D eigenvalue weighted by Gasteiger charge is -2.26. The minimum Gasteiger partial charge on any atom is -0.495 e. The van der Waals surface area contributed by atoms with Crippen LogP contribution in [0.3, 0.4) is 0 Å². The summed E-state index contributed by atoms with van der Waals surface area (Å²) in [5, 5.41) is 5.79. The number of hydrogen-bond acceptors (Lipinski definition) is 5. The standard InChI is InChI=1S/C26H27N3O4/c1-18(29-15-16-33-23-9-5-3-7-20(23)17-29)25(30)27-21-13-11-19(12-14-21)26(31)28-22-8-4-6-10-24(22)32-2/h3-14,18H,15-17H2,1-2H3,(H,27,30)(H,28,31). The van der Waals surface area contributed by atoms with Gasteiger partial charge in [-0.3, -0.25) is 14.5 Å². The summed E-state index contributed by atoms with van der Waals surface area (Å²) in [6.45, 7) is 3.72. The van der Waals surface area contributed by atoms with Gasteiger partial charge in [-0.25, -0.2) is 0 Å². The quantitative estimate of drug-likeness (QED) is 0.595. The summed E-state index contributed by atoms with van der Waals surface area (Å²) in [6.07, 6.45) is 0. The molecular weight excluding hydrogens is 418 g/mol. The largest absolute Gasteiger partial charge is 0.495 e. The van der Waals surface area contributed by atoms with E-state index in [9.17, 15) is 9.59 Å². The highest BCUT2D eigenvalue weighted by atomic mass is 16.5. The van der Waals surface area contributed by atoms with Crippen LogP contribution in [0.4, 0.5) is 11.4 Å². The molecule has 0 aromatic heterocycles. The van der Waals surface area contributed by atoms with Crippen LogP contribution in [0.25, 0.3) is 0 Å². The fraction of sp³-hybridized carbons (Fsp3) is 0.231. The highest BCUT2D eigenvalue weighted by Gasteiger charge is 2.24. The maximum atomic E-state index is 12.9. The van der Waals surface area contributed by atoms with Gasteiger partial charge in [0.15, 0.2) is 0 Å². The SMILES string of the molecule is COc1ccccc1NC(=O)c1ccc(NC(=O)C(C)N2CCOc3ccccc3C2)cc1. The molecule has 7 heteroatoms. The zero-order valence-electron chi connectivity index (χ0n) is 18.7. The molecule has 1 atom stereocenters. The number of ether oxygens (including phenoxy) is 2. The molecule has 4 rings (SSSR count). The summed E-state index contributed by atoms with van der Waals surface area (Å²) >= 11 is 0. The average Bonchev–Trinajstić information content (AvgIpc) is 3.07. The molecule has 1 aliphatic rings. The van der Waals surface area contributed by atoms with E-state index < -0.39 is 0 Å². The second-order valence-electron chi connectivity index (χ2n) is 7.82. The van der Waals surface area contributed by atoms with Gasteiger partial charge in [-0.2, -0.15) is 0 Å². The van der Waals surface area contributed by atoms with Gasteiger partial charge in [0.2, 0.25) is 5.91 Å². The molecule has 0 aliphatic carbocycles. The Balaban J connectivity index is 1.37. The van der Waals surface area contributed by atoms with E-state index >= 15 is 0 Å². The number of benzene rings is 3. The molecule has 3 aromatic rings. The Morgan fingerprint density at radius 3 is 2.48 bits per heavy atom. The van der Waals surface area contributed by atoms with Crippen molar-refractivity contribution < 1.29 is 19.1 Å². The first-order chi connectivity index (χ1) is 16.0. The van der Waals surface area contributed by atoms with Crippen LogP contribution in [-0.2, 0) is 11.3 Å². The van der Waals surface area contributed by atoms with Crippen LogP contribution >= 0.6 is 0 Å². The monoisotopic (exact) mass is 445 g/mol. The lowest BCUT2D eigenvalue weighted by molar-refractivity contribution is -0.121. The topological polar surface area (TPSA) is 79.9 Å². The number of carbonyl (C=O) groups excluding carboxylic acids is 2. The predicted molar refractivity (Wildman–Crippen MR) is 128 cm³/mol. The van der Waals surface area contributed by atoms with Gasteiger partial charge in [0.1, 0.15) is 18.1 Å². The molecule has 0 radical (unpaired) electrons. The molecule has 2 amide bonds. The first-order valence-electron chi connectivity index (χ1n) is 10.8. The normalized spacial score (nSPS) is 14.2. The average molecular weight is 446 g/mol. The van der Waals surface area contributed by atoms with Crippen LogP contribution in [0.15, 0.2) is 72.8 Å². The van der Waals surface area contributed by atoms with E-state index in [-0.39, 0.29) is 17.9 Å². The molecule has 0 spiro atoms. The van der Waals surface area contributed by atoms with Crippen molar-refractivity contribution in [1.82, 2.24) is 4.90 Å². The zero-order valence-corrected chi connectivity index (χ0v) is 18.7. The smallest absolute Gasteiger partial charge is 0.255 e. The number of fused-ring (bicyclic) bond motifs is 1. The highest BCUT2D eigenvalue weighted by Crippen LogP contribution is 2.25. The van der Waals surface area contributed by atoms with E-state index in [2.05, 4.69) is 15.5 Å². The van der Waals surface area contributed by atoms with E-state index in [1.54, 1.807) is 43.5 Å². The van der Waals surface area contributed by atoms with Gasteiger partial charge >= 0.3 is 0 Å². The van der Waals surface area contributed by atoms with E-state index in [1.165, 1.54) is 0 Å². The molecule has 1 aliphatic heterocycles. The Kier molecular flexibility index (Phi) is 6.90. The number of hydrogen-bond donors (Lipinski definition) is 2. The predicted octanol–water partition coefficient (Wildman–Crippen LogP) is 4.17. The van der Waals surface area contributed by atoms with E-state index in [4.69, 9.17) is 9.47 Å². The van der Waals surface area contributed by atoms with Crippen molar-refractivity contribution in [2.45, 2.75) is 19.5 Å². The zero-order chi connectivity index (χ0) is 23.2. The van der Waals surface area contributed by atoms with Crippen molar-refractivity contribution in [2.75, 3.05) is 30.9 Å². The molecule has 3 aromatic carbocycles. The molecule has 33 heavy (non-hydrogen) atoms. The number of nitrogens with zero attached hydrogens (tertiary/aromatic N) is 1. The van der Waals surface area contributed by atoms with E-state index in [0.29, 0.717) is 42.4 Å². The van der Waals surface area contributed by atoms with Crippen molar-refractivity contribution >= 4 is 23.2 Å².